The maximum atomic E-state index is 11.6. The molecule has 0 aromatic rings. The van der Waals surface area contributed by atoms with Gasteiger partial charge in [0.25, 0.3) is 0 Å². The largest absolute Gasteiger partial charge is 0.444 e. The average molecular weight is 225 g/mol. The molecule has 2 aliphatic rings. The summed E-state index contributed by atoms with van der Waals surface area (Å²) in [6.45, 7) is 7.11. The second kappa shape index (κ2) is 3.75. The number of aldehydes is 1. The van der Waals surface area contributed by atoms with Gasteiger partial charge in [0.15, 0.2) is 0 Å². The summed E-state index contributed by atoms with van der Waals surface area (Å²) in [4.78, 5) is 23.9. The molecule has 1 heterocycles. The van der Waals surface area contributed by atoms with Gasteiger partial charge in [0.2, 0.25) is 0 Å². The summed E-state index contributed by atoms with van der Waals surface area (Å²) in [5.74, 6) is 1.30. The molecule has 2 unspecified atom stereocenters. The first-order chi connectivity index (χ1) is 7.40. The van der Waals surface area contributed by atoms with Gasteiger partial charge in [-0.25, -0.2) is 4.79 Å². The number of likely N-dealkylation sites (tertiary alicyclic amines) is 1. The van der Waals surface area contributed by atoms with Gasteiger partial charge in [0.05, 0.1) is 0 Å². The van der Waals surface area contributed by atoms with Crippen LogP contribution in [-0.2, 0) is 9.53 Å². The van der Waals surface area contributed by atoms with Crippen LogP contribution >= 0.6 is 0 Å². The highest BCUT2D eigenvalue weighted by Crippen LogP contribution is 2.46. The molecule has 4 nitrogen and oxygen atoms in total. The number of nitrogens with zero attached hydrogens (tertiary/aromatic N) is 1. The van der Waals surface area contributed by atoms with E-state index in [9.17, 15) is 9.59 Å². The van der Waals surface area contributed by atoms with Crippen molar-refractivity contribution in [1.29, 1.82) is 0 Å². The molecular formula is C12H19NO3. The zero-order valence-electron chi connectivity index (χ0n) is 10.1. The molecule has 2 atom stereocenters. The molecule has 0 aromatic heterocycles. The highest BCUT2D eigenvalue weighted by atomic mass is 16.6. The van der Waals surface area contributed by atoms with E-state index in [2.05, 4.69) is 0 Å². The van der Waals surface area contributed by atoms with Gasteiger partial charge in [0.1, 0.15) is 11.9 Å². The Kier molecular flexibility index (Phi) is 2.68. The topological polar surface area (TPSA) is 46.6 Å². The lowest BCUT2D eigenvalue weighted by molar-refractivity contribution is -0.109. The number of hydrogen-bond acceptors (Lipinski definition) is 3. The van der Waals surface area contributed by atoms with Crippen molar-refractivity contribution >= 4 is 12.4 Å². The summed E-state index contributed by atoms with van der Waals surface area (Å²) < 4.78 is 5.26. The van der Waals surface area contributed by atoms with E-state index in [1.807, 2.05) is 20.8 Å². The maximum absolute atomic E-state index is 11.6. The van der Waals surface area contributed by atoms with Crippen LogP contribution in [0.3, 0.4) is 0 Å². The molecule has 0 radical (unpaired) electrons. The third kappa shape index (κ3) is 2.36. The SMILES string of the molecule is CC(C)(C)OC(=O)N1CC(C2CC2C=O)C1. The monoisotopic (exact) mass is 225 g/mol. The lowest BCUT2D eigenvalue weighted by Crippen LogP contribution is -2.52. The summed E-state index contributed by atoms with van der Waals surface area (Å²) in [7, 11) is 0. The third-order valence-electron chi connectivity index (χ3n) is 3.23. The highest BCUT2D eigenvalue weighted by molar-refractivity contribution is 5.69. The van der Waals surface area contributed by atoms with Gasteiger partial charge >= 0.3 is 6.09 Å². The molecule has 0 spiro atoms. The lowest BCUT2D eigenvalue weighted by atomic mass is 9.94. The molecule has 90 valence electrons. The van der Waals surface area contributed by atoms with Crippen molar-refractivity contribution in [3.05, 3.63) is 0 Å². The van der Waals surface area contributed by atoms with Gasteiger partial charge < -0.3 is 14.4 Å². The molecule has 16 heavy (non-hydrogen) atoms. The smallest absolute Gasteiger partial charge is 0.410 e. The molecule has 1 saturated carbocycles. The van der Waals surface area contributed by atoms with E-state index < -0.39 is 5.60 Å². The number of amides is 1. The van der Waals surface area contributed by atoms with Gasteiger partial charge in [-0.15, -0.1) is 0 Å². The van der Waals surface area contributed by atoms with E-state index in [-0.39, 0.29) is 12.0 Å². The maximum Gasteiger partial charge on any atom is 0.410 e. The number of hydrogen-bond donors (Lipinski definition) is 0. The van der Waals surface area contributed by atoms with Gasteiger partial charge in [-0.2, -0.15) is 0 Å². The quantitative estimate of drug-likeness (QED) is 0.672. The van der Waals surface area contributed by atoms with E-state index in [0.29, 0.717) is 11.8 Å². The zero-order chi connectivity index (χ0) is 11.9. The van der Waals surface area contributed by atoms with Crippen LogP contribution in [0.1, 0.15) is 27.2 Å². The molecule has 1 aliphatic carbocycles. The van der Waals surface area contributed by atoms with E-state index >= 15 is 0 Å². The zero-order valence-corrected chi connectivity index (χ0v) is 10.1. The molecule has 2 fully saturated rings. The minimum atomic E-state index is -0.424. The Hall–Kier alpha value is -1.06. The third-order valence-corrected chi connectivity index (χ3v) is 3.23. The van der Waals surface area contributed by atoms with Gasteiger partial charge in [-0.3, -0.25) is 0 Å². The van der Waals surface area contributed by atoms with Crippen molar-refractivity contribution in [1.82, 2.24) is 4.90 Å². The molecule has 4 heteroatoms. The Balaban J connectivity index is 1.72. The fraction of sp³-hybridized carbons (Fsp3) is 0.833. The van der Waals surface area contributed by atoms with E-state index in [4.69, 9.17) is 4.74 Å². The van der Waals surface area contributed by atoms with E-state index in [1.54, 1.807) is 4.90 Å². The fourth-order valence-electron chi connectivity index (χ4n) is 2.19. The van der Waals surface area contributed by atoms with Crippen LogP contribution in [0.5, 0.6) is 0 Å². The minimum Gasteiger partial charge on any atom is -0.444 e. The number of ether oxygens (including phenoxy) is 1. The van der Waals surface area contributed by atoms with Crippen molar-refractivity contribution in [3.8, 4) is 0 Å². The first kappa shape index (κ1) is 11.4. The van der Waals surface area contributed by atoms with Crippen molar-refractivity contribution in [2.75, 3.05) is 13.1 Å². The van der Waals surface area contributed by atoms with Crippen LogP contribution in [0.15, 0.2) is 0 Å². The molecule has 2 rings (SSSR count). The van der Waals surface area contributed by atoms with E-state index in [0.717, 1.165) is 25.8 Å². The van der Waals surface area contributed by atoms with Crippen LogP contribution in [0.4, 0.5) is 4.79 Å². The van der Waals surface area contributed by atoms with Crippen LogP contribution in [-0.4, -0.2) is 36.0 Å². The molecule has 1 amide bonds. The second-order valence-electron chi connectivity index (χ2n) is 5.84. The summed E-state index contributed by atoms with van der Waals surface area (Å²) in [6.07, 6.45) is 1.82. The number of rotatable bonds is 2. The van der Waals surface area contributed by atoms with Gasteiger partial charge in [-0.1, -0.05) is 0 Å². The molecular weight excluding hydrogens is 206 g/mol. The molecule has 0 bridgehead atoms. The number of carbonyl (C=O) groups excluding carboxylic acids is 2. The van der Waals surface area contributed by atoms with Crippen LogP contribution in [0.25, 0.3) is 0 Å². The predicted molar refractivity (Wildman–Crippen MR) is 59.0 cm³/mol. The van der Waals surface area contributed by atoms with Crippen LogP contribution in [0, 0.1) is 17.8 Å². The summed E-state index contributed by atoms with van der Waals surface area (Å²) in [6, 6.07) is 0. The van der Waals surface area contributed by atoms with Gasteiger partial charge in [-0.05, 0) is 39.0 Å². The van der Waals surface area contributed by atoms with Crippen molar-refractivity contribution in [2.24, 2.45) is 17.8 Å². The Morgan fingerprint density at radius 1 is 1.38 bits per heavy atom. The normalized spacial score (nSPS) is 29.6. The molecule has 0 N–H and O–H groups in total. The van der Waals surface area contributed by atoms with Gasteiger partial charge in [0, 0.05) is 19.0 Å². The molecule has 1 aliphatic heterocycles. The van der Waals surface area contributed by atoms with Crippen LogP contribution < -0.4 is 0 Å². The predicted octanol–water partition coefficient (Wildman–Crippen LogP) is 1.69. The first-order valence-electron chi connectivity index (χ1n) is 5.84. The highest BCUT2D eigenvalue weighted by Gasteiger charge is 2.48. The fourth-order valence-corrected chi connectivity index (χ4v) is 2.19. The summed E-state index contributed by atoms with van der Waals surface area (Å²) >= 11 is 0. The molecule has 1 saturated heterocycles. The Bertz CT molecular complexity index is 302. The Morgan fingerprint density at radius 2 is 2.00 bits per heavy atom. The Morgan fingerprint density at radius 3 is 2.44 bits per heavy atom. The lowest BCUT2D eigenvalue weighted by Gasteiger charge is -2.40. The van der Waals surface area contributed by atoms with E-state index in [1.165, 1.54) is 0 Å². The molecule has 0 aromatic carbocycles. The van der Waals surface area contributed by atoms with Crippen LogP contribution in [0.2, 0.25) is 0 Å². The average Bonchev–Trinajstić information content (AvgIpc) is 2.77. The second-order valence-corrected chi connectivity index (χ2v) is 5.84. The summed E-state index contributed by atoms with van der Waals surface area (Å²) in [5, 5.41) is 0. The van der Waals surface area contributed by atoms with Crippen molar-refractivity contribution < 1.29 is 14.3 Å². The summed E-state index contributed by atoms with van der Waals surface area (Å²) in [5.41, 5.74) is -0.424. The Labute approximate surface area is 95.9 Å². The number of carbonyl (C=O) groups is 2. The first-order valence-corrected chi connectivity index (χ1v) is 5.84. The van der Waals surface area contributed by atoms with Crippen molar-refractivity contribution in [2.45, 2.75) is 32.8 Å². The standard InChI is InChI=1S/C12H19NO3/c1-12(2,3)16-11(15)13-5-9(6-13)10-4-8(10)7-14/h7-10H,4-6H2,1-3H3. The minimum absolute atomic E-state index is 0.230. The van der Waals surface area contributed by atoms with Crippen molar-refractivity contribution in [3.63, 3.8) is 0 Å².